The van der Waals surface area contributed by atoms with E-state index < -0.39 is 0 Å². The van der Waals surface area contributed by atoms with Crippen LogP contribution in [-0.4, -0.2) is 32.7 Å². The number of hydrogen-bond acceptors (Lipinski definition) is 4. The lowest BCUT2D eigenvalue weighted by atomic mass is 10.3. The van der Waals surface area contributed by atoms with E-state index in [1.54, 1.807) is 4.57 Å². The molecule has 0 unspecified atom stereocenters. The van der Waals surface area contributed by atoms with Gasteiger partial charge >= 0.3 is 0 Å². The Morgan fingerprint density at radius 3 is 2.81 bits per heavy atom. The molecule has 3 aromatic rings. The number of rotatable bonds is 7. The number of hydrogen-bond donors (Lipinski definition) is 2. The second kappa shape index (κ2) is 8.23. The number of unbranched alkanes of at least 4 members (excludes halogenated alkanes) is 1. The van der Waals surface area contributed by atoms with Crippen molar-refractivity contribution in [1.82, 2.24) is 19.9 Å². The van der Waals surface area contributed by atoms with E-state index in [2.05, 4.69) is 22.2 Å². The molecule has 3 rings (SSSR count). The number of aromatic amines is 1. The van der Waals surface area contributed by atoms with Crippen molar-refractivity contribution in [3.63, 3.8) is 0 Å². The van der Waals surface area contributed by atoms with Crippen LogP contribution in [0.5, 0.6) is 0 Å². The first-order chi connectivity index (χ1) is 12.6. The predicted molar refractivity (Wildman–Crippen MR) is 105 cm³/mol. The predicted octanol–water partition coefficient (Wildman–Crippen LogP) is 3.03. The zero-order valence-corrected chi connectivity index (χ0v) is 15.7. The summed E-state index contributed by atoms with van der Waals surface area (Å²) in [7, 11) is 0. The number of carbonyl (C=O) groups excluding carboxylic acids is 1. The molecule has 7 heteroatoms. The van der Waals surface area contributed by atoms with Crippen LogP contribution < -0.4 is 10.9 Å². The van der Waals surface area contributed by atoms with Gasteiger partial charge in [0, 0.05) is 12.2 Å². The first-order valence-electron chi connectivity index (χ1n) is 8.67. The van der Waals surface area contributed by atoms with Gasteiger partial charge in [0.15, 0.2) is 5.16 Å². The summed E-state index contributed by atoms with van der Waals surface area (Å²) in [6, 6.07) is 11.2. The Morgan fingerprint density at radius 2 is 2.08 bits per heavy atom. The number of H-pyrrole nitrogens is 1. The maximum atomic E-state index is 13.0. The molecule has 1 aromatic carbocycles. The van der Waals surface area contributed by atoms with E-state index in [0.717, 1.165) is 24.2 Å². The molecule has 2 aromatic heterocycles. The van der Waals surface area contributed by atoms with E-state index in [9.17, 15) is 9.59 Å². The van der Waals surface area contributed by atoms with Crippen molar-refractivity contribution in [1.29, 1.82) is 0 Å². The van der Waals surface area contributed by atoms with Crippen LogP contribution in [0.1, 0.15) is 25.5 Å². The van der Waals surface area contributed by atoms with Gasteiger partial charge < -0.3 is 10.3 Å². The highest BCUT2D eigenvalue weighted by atomic mass is 32.2. The largest absolute Gasteiger partial charge is 0.355 e. The number of carbonyl (C=O) groups is 1. The first kappa shape index (κ1) is 18.3. The van der Waals surface area contributed by atoms with E-state index in [1.807, 2.05) is 43.3 Å². The molecule has 0 aliphatic carbocycles. The number of aromatic nitrogens is 3. The fourth-order valence-corrected chi connectivity index (χ4v) is 3.51. The summed E-state index contributed by atoms with van der Waals surface area (Å²) < 4.78 is 1.56. The molecule has 0 aliphatic heterocycles. The molecule has 0 saturated heterocycles. The minimum absolute atomic E-state index is 0.0531. The summed E-state index contributed by atoms with van der Waals surface area (Å²) >= 11 is 1.27. The zero-order valence-electron chi connectivity index (χ0n) is 14.9. The van der Waals surface area contributed by atoms with Gasteiger partial charge in [-0.3, -0.25) is 14.2 Å². The van der Waals surface area contributed by atoms with Crippen LogP contribution in [0.15, 0.2) is 46.3 Å². The molecular weight excluding hydrogens is 348 g/mol. The average molecular weight is 370 g/mol. The smallest absolute Gasteiger partial charge is 0.283 e. The van der Waals surface area contributed by atoms with Crippen LogP contribution in [0.2, 0.25) is 0 Å². The van der Waals surface area contributed by atoms with Gasteiger partial charge in [0.1, 0.15) is 5.52 Å². The minimum atomic E-state index is -0.164. The van der Waals surface area contributed by atoms with Gasteiger partial charge in [0.25, 0.3) is 5.56 Å². The maximum Gasteiger partial charge on any atom is 0.283 e. The minimum Gasteiger partial charge on any atom is -0.355 e. The number of aryl methyl sites for hydroxylation is 1. The summed E-state index contributed by atoms with van der Waals surface area (Å²) in [6.07, 6.45) is 1.99. The van der Waals surface area contributed by atoms with Crippen molar-refractivity contribution >= 4 is 28.7 Å². The Balaban J connectivity index is 1.95. The Hall–Kier alpha value is -2.54. The van der Waals surface area contributed by atoms with Crippen LogP contribution in [0.25, 0.3) is 16.7 Å². The second-order valence-corrected chi connectivity index (χ2v) is 7.02. The molecule has 0 spiro atoms. The van der Waals surface area contributed by atoms with Crippen molar-refractivity contribution in [3.05, 3.63) is 52.4 Å². The third kappa shape index (κ3) is 3.99. The first-order valence-corrected chi connectivity index (χ1v) is 9.66. The molecule has 26 heavy (non-hydrogen) atoms. The summed E-state index contributed by atoms with van der Waals surface area (Å²) in [5.41, 5.74) is 2.54. The van der Waals surface area contributed by atoms with Crippen LogP contribution in [-0.2, 0) is 4.79 Å². The molecule has 0 bridgehead atoms. The standard InChI is InChI=1S/C19H22N4O2S/c1-3-4-10-20-16(24)12-26-19-22-15-11-13(2)21-17(15)18(25)23(19)14-8-6-5-7-9-14/h5-9,11,21H,3-4,10,12H2,1-2H3,(H,20,24). The topological polar surface area (TPSA) is 79.8 Å². The van der Waals surface area contributed by atoms with E-state index in [0.29, 0.717) is 22.7 Å². The quantitative estimate of drug-likeness (QED) is 0.381. The van der Waals surface area contributed by atoms with Crippen LogP contribution in [0, 0.1) is 6.92 Å². The van der Waals surface area contributed by atoms with Crippen molar-refractivity contribution < 1.29 is 4.79 Å². The van der Waals surface area contributed by atoms with Gasteiger partial charge in [-0.05, 0) is 31.5 Å². The number of nitrogens with one attached hydrogen (secondary N) is 2. The Bertz CT molecular complexity index is 963. The molecule has 6 nitrogen and oxygen atoms in total. The highest BCUT2D eigenvalue weighted by molar-refractivity contribution is 7.99. The van der Waals surface area contributed by atoms with E-state index in [-0.39, 0.29) is 17.2 Å². The van der Waals surface area contributed by atoms with Gasteiger partial charge in [0.2, 0.25) is 5.91 Å². The number of fused-ring (bicyclic) bond motifs is 1. The third-order valence-corrected chi connectivity index (χ3v) is 4.89. The Kier molecular flexibility index (Phi) is 5.78. The number of benzene rings is 1. The second-order valence-electron chi connectivity index (χ2n) is 6.08. The lowest BCUT2D eigenvalue weighted by Crippen LogP contribution is -2.27. The van der Waals surface area contributed by atoms with Crippen molar-refractivity contribution in [2.45, 2.75) is 31.8 Å². The Labute approximate surface area is 156 Å². The van der Waals surface area contributed by atoms with Crippen molar-refractivity contribution in [2.75, 3.05) is 12.3 Å². The van der Waals surface area contributed by atoms with E-state index >= 15 is 0 Å². The van der Waals surface area contributed by atoms with Crippen molar-refractivity contribution in [2.24, 2.45) is 0 Å². The molecule has 0 radical (unpaired) electrons. The SMILES string of the molecule is CCCCNC(=O)CSc1nc2cc(C)[nH]c2c(=O)n1-c1ccccc1. The number of nitrogens with zero attached hydrogens (tertiary/aromatic N) is 2. The lowest BCUT2D eigenvalue weighted by Gasteiger charge is -2.12. The summed E-state index contributed by atoms with van der Waals surface area (Å²) in [5, 5.41) is 3.40. The van der Waals surface area contributed by atoms with Gasteiger partial charge in [-0.15, -0.1) is 0 Å². The van der Waals surface area contributed by atoms with E-state index in [1.165, 1.54) is 11.8 Å². The highest BCUT2D eigenvalue weighted by Crippen LogP contribution is 2.21. The van der Waals surface area contributed by atoms with Gasteiger partial charge in [-0.1, -0.05) is 43.3 Å². The van der Waals surface area contributed by atoms with Gasteiger partial charge in [-0.2, -0.15) is 0 Å². The average Bonchev–Trinajstić information content (AvgIpc) is 3.02. The molecule has 0 atom stereocenters. The van der Waals surface area contributed by atoms with Crippen LogP contribution in [0.4, 0.5) is 0 Å². The number of amides is 1. The van der Waals surface area contributed by atoms with E-state index in [4.69, 9.17) is 0 Å². The highest BCUT2D eigenvalue weighted by Gasteiger charge is 2.16. The van der Waals surface area contributed by atoms with Gasteiger partial charge in [-0.25, -0.2) is 4.98 Å². The third-order valence-electron chi connectivity index (χ3n) is 3.96. The van der Waals surface area contributed by atoms with Gasteiger partial charge in [0.05, 0.1) is 17.0 Å². The Morgan fingerprint density at radius 1 is 1.31 bits per heavy atom. The fraction of sp³-hybridized carbons (Fsp3) is 0.316. The maximum absolute atomic E-state index is 13.0. The zero-order chi connectivity index (χ0) is 18.5. The molecule has 0 saturated carbocycles. The lowest BCUT2D eigenvalue weighted by molar-refractivity contribution is -0.118. The van der Waals surface area contributed by atoms with Crippen molar-refractivity contribution in [3.8, 4) is 5.69 Å². The molecular formula is C19H22N4O2S. The molecule has 0 fully saturated rings. The molecule has 1 amide bonds. The van der Waals surface area contributed by atoms with Crippen LogP contribution >= 0.6 is 11.8 Å². The molecule has 2 heterocycles. The van der Waals surface area contributed by atoms with Crippen LogP contribution in [0.3, 0.4) is 0 Å². The summed E-state index contributed by atoms with van der Waals surface area (Å²) in [4.78, 5) is 32.7. The summed E-state index contributed by atoms with van der Waals surface area (Å²) in [5.74, 6) is 0.167. The monoisotopic (exact) mass is 370 g/mol. The summed E-state index contributed by atoms with van der Waals surface area (Å²) in [6.45, 7) is 4.64. The number of thioether (sulfide) groups is 1. The molecule has 136 valence electrons. The molecule has 0 aliphatic rings. The number of para-hydroxylation sites is 1. The normalized spacial score (nSPS) is 11.0. The molecule has 2 N–H and O–H groups in total. The fourth-order valence-electron chi connectivity index (χ4n) is 2.66.